The molecule has 1 amide bonds. The van der Waals surface area contributed by atoms with Gasteiger partial charge in [0.1, 0.15) is 17.1 Å². The van der Waals surface area contributed by atoms with Gasteiger partial charge in [0, 0.05) is 0 Å². The number of aryl methyl sites for hydroxylation is 1. The largest absolute Gasteiger partial charge is 0.480 e. The van der Waals surface area contributed by atoms with Gasteiger partial charge in [-0.2, -0.15) is 0 Å². The van der Waals surface area contributed by atoms with Gasteiger partial charge in [-0.1, -0.05) is 19.3 Å². The Morgan fingerprint density at radius 2 is 2.06 bits per heavy atom. The molecular formula is C12H17N3O3. The summed E-state index contributed by atoms with van der Waals surface area (Å²) in [4.78, 5) is 30.1. The third-order valence-corrected chi connectivity index (χ3v) is 3.42. The van der Waals surface area contributed by atoms with Crippen molar-refractivity contribution in [2.24, 2.45) is 0 Å². The quantitative estimate of drug-likeness (QED) is 0.753. The summed E-state index contributed by atoms with van der Waals surface area (Å²) in [5.74, 6) is -0.722. The molecule has 18 heavy (non-hydrogen) atoms. The minimum absolute atomic E-state index is 0.304. The Hall–Kier alpha value is -1.85. The number of aliphatic carboxylic acids is 1. The fourth-order valence-corrected chi connectivity index (χ4v) is 2.37. The fourth-order valence-electron chi connectivity index (χ4n) is 2.37. The van der Waals surface area contributed by atoms with Crippen molar-refractivity contribution in [2.75, 3.05) is 0 Å². The Kier molecular flexibility index (Phi) is 3.36. The van der Waals surface area contributed by atoms with E-state index in [9.17, 15) is 14.7 Å². The van der Waals surface area contributed by atoms with Crippen molar-refractivity contribution in [3.63, 3.8) is 0 Å². The maximum absolute atomic E-state index is 12.0. The first-order chi connectivity index (χ1) is 8.53. The summed E-state index contributed by atoms with van der Waals surface area (Å²) in [5, 5.41) is 12.0. The molecule has 98 valence electrons. The van der Waals surface area contributed by atoms with Gasteiger partial charge in [0.15, 0.2) is 0 Å². The summed E-state index contributed by atoms with van der Waals surface area (Å²) >= 11 is 0. The van der Waals surface area contributed by atoms with E-state index >= 15 is 0 Å². The molecule has 0 spiro atoms. The molecule has 0 saturated heterocycles. The van der Waals surface area contributed by atoms with Crippen LogP contribution in [0.15, 0.2) is 6.20 Å². The lowest BCUT2D eigenvalue weighted by Gasteiger charge is -2.33. The van der Waals surface area contributed by atoms with Gasteiger partial charge in [0.25, 0.3) is 5.91 Å². The average Bonchev–Trinajstić information content (AvgIpc) is 2.77. The number of H-pyrrole nitrogens is 1. The van der Waals surface area contributed by atoms with Crippen LogP contribution in [0.1, 0.15) is 48.4 Å². The zero-order valence-corrected chi connectivity index (χ0v) is 10.3. The number of aromatic nitrogens is 2. The highest BCUT2D eigenvalue weighted by molar-refractivity contribution is 5.96. The highest BCUT2D eigenvalue weighted by atomic mass is 16.4. The number of imidazole rings is 1. The second-order valence-electron chi connectivity index (χ2n) is 4.78. The Morgan fingerprint density at radius 1 is 1.39 bits per heavy atom. The maximum Gasteiger partial charge on any atom is 0.329 e. The number of carbonyl (C=O) groups is 2. The summed E-state index contributed by atoms with van der Waals surface area (Å²) in [6, 6.07) is 0. The normalized spacial score (nSPS) is 18.3. The highest BCUT2D eigenvalue weighted by Crippen LogP contribution is 2.28. The molecule has 0 aliphatic heterocycles. The summed E-state index contributed by atoms with van der Waals surface area (Å²) in [6.07, 6.45) is 5.07. The van der Waals surface area contributed by atoms with Crippen LogP contribution in [0.2, 0.25) is 0 Å². The molecule has 1 fully saturated rings. The van der Waals surface area contributed by atoms with Crippen LogP contribution in [0.3, 0.4) is 0 Å². The molecule has 0 bridgehead atoms. The zero-order valence-electron chi connectivity index (χ0n) is 10.3. The molecule has 0 radical (unpaired) electrons. The minimum atomic E-state index is -1.12. The molecule has 1 saturated carbocycles. The van der Waals surface area contributed by atoms with Gasteiger partial charge in [-0.3, -0.25) is 4.79 Å². The fraction of sp³-hybridized carbons (Fsp3) is 0.583. The maximum atomic E-state index is 12.0. The molecule has 1 aromatic rings. The molecule has 3 N–H and O–H groups in total. The van der Waals surface area contributed by atoms with Crippen LogP contribution in [-0.4, -0.2) is 32.5 Å². The van der Waals surface area contributed by atoms with Crippen LogP contribution in [0.5, 0.6) is 0 Å². The predicted octanol–water partition coefficient (Wildman–Crippen LogP) is 1.24. The Labute approximate surface area is 105 Å². The molecule has 1 heterocycles. The van der Waals surface area contributed by atoms with Crippen LogP contribution in [0.4, 0.5) is 0 Å². The van der Waals surface area contributed by atoms with Gasteiger partial charge in [-0.15, -0.1) is 0 Å². The van der Waals surface area contributed by atoms with E-state index in [1.807, 2.05) is 0 Å². The topological polar surface area (TPSA) is 95.1 Å². The van der Waals surface area contributed by atoms with Crippen molar-refractivity contribution < 1.29 is 14.7 Å². The molecule has 1 aromatic heterocycles. The molecule has 0 unspecified atom stereocenters. The Balaban J connectivity index is 2.14. The number of nitrogens with one attached hydrogen (secondary N) is 2. The number of amides is 1. The van der Waals surface area contributed by atoms with Crippen molar-refractivity contribution in [2.45, 2.75) is 44.6 Å². The van der Waals surface area contributed by atoms with Crippen molar-refractivity contribution in [3.8, 4) is 0 Å². The van der Waals surface area contributed by atoms with Gasteiger partial charge in [-0.25, -0.2) is 9.78 Å². The first kappa shape index (κ1) is 12.6. The molecule has 2 rings (SSSR count). The lowest BCUT2D eigenvalue weighted by atomic mass is 9.81. The highest BCUT2D eigenvalue weighted by Gasteiger charge is 2.41. The van der Waals surface area contributed by atoms with Crippen LogP contribution in [0.25, 0.3) is 0 Å². The molecule has 6 heteroatoms. The number of hydrogen-bond acceptors (Lipinski definition) is 3. The van der Waals surface area contributed by atoms with E-state index in [1.54, 1.807) is 6.92 Å². The number of carbonyl (C=O) groups excluding carboxylic acids is 1. The average molecular weight is 251 g/mol. The van der Waals surface area contributed by atoms with Crippen molar-refractivity contribution in [1.82, 2.24) is 15.3 Å². The number of aromatic amines is 1. The monoisotopic (exact) mass is 251 g/mol. The van der Waals surface area contributed by atoms with Crippen LogP contribution < -0.4 is 5.32 Å². The van der Waals surface area contributed by atoms with E-state index in [-0.39, 0.29) is 0 Å². The third-order valence-electron chi connectivity index (χ3n) is 3.42. The predicted molar refractivity (Wildman–Crippen MR) is 64.2 cm³/mol. The number of rotatable bonds is 3. The Bertz CT molecular complexity index is 461. The van der Waals surface area contributed by atoms with Gasteiger partial charge >= 0.3 is 5.97 Å². The van der Waals surface area contributed by atoms with Crippen LogP contribution in [-0.2, 0) is 4.79 Å². The lowest BCUT2D eigenvalue weighted by Crippen LogP contribution is -2.55. The smallest absolute Gasteiger partial charge is 0.329 e. The van der Waals surface area contributed by atoms with Crippen molar-refractivity contribution in [1.29, 1.82) is 0 Å². The minimum Gasteiger partial charge on any atom is -0.480 e. The summed E-state index contributed by atoms with van der Waals surface area (Å²) in [5.41, 5.74) is -0.812. The number of carboxylic acids is 1. The standard InChI is InChI=1S/C12H17N3O3/c1-8-13-7-9(14-8)10(16)15-12(11(17)18)5-3-2-4-6-12/h7H,2-6H2,1H3,(H,13,14)(H,15,16)(H,17,18). The van der Waals surface area contributed by atoms with Crippen LogP contribution >= 0.6 is 0 Å². The van der Waals surface area contributed by atoms with E-state index in [0.29, 0.717) is 24.4 Å². The number of hydrogen-bond donors (Lipinski definition) is 3. The van der Waals surface area contributed by atoms with E-state index < -0.39 is 17.4 Å². The third kappa shape index (κ3) is 2.37. The molecular weight excluding hydrogens is 234 g/mol. The summed E-state index contributed by atoms with van der Waals surface area (Å²) < 4.78 is 0. The molecule has 1 aliphatic carbocycles. The molecule has 6 nitrogen and oxygen atoms in total. The lowest BCUT2D eigenvalue weighted by molar-refractivity contribution is -0.145. The number of carboxylic acid groups (broad SMARTS) is 1. The van der Waals surface area contributed by atoms with E-state index in [4.69, 9.17) is 0 Å². The zero-order chi connectivity index (χ0) is 13.2. The van der Waals surface area contributed by atoms with Crippen LogP contribution in [0, 0.1) is 6.92 Å². The summed E-state index contributed by atoms with van der Waals surface area (Å²) in [6.45, 7) is 1.74. The molecule has 0 atom stereocenters. The van der Waals surface area contributed by atoms with E-state index in [1.165, 1.54) is 6.20 Å². The van der Waals surface area contributed by atoms with Gasteiger partial charge in [0.2, 0.25) is 0 Å². The second-order valence-corrected chi connectivity index (χ2v) is 4.78. The first-order valence-corrected chi connectivity index (χ1v) is 6.11. The molecule has 1 aliphatic rings. The van der Waals surface area contributed by atoms with E-state index in [0.717, 1.165) is 19.3 Å². The SMILES string of the molecule is Cc1ncc(C(=O)NC2(C(=O)O)CCCCC2)[nH]1. The van der Waals surface area contributed by atoms with Gasteiger partial charge < -0.3 is 15.4 Å². The Morgan fingerprint density at radius 3 is 2.56 bits per heavy atom. The second kappa shape index (κ2) is 4.80. The summed E-state index contributed by atoms with van der Waals surface area (Å²) in [7, 11) is 0. The van der Waals surface area contributed by atoms with Crippen molar-refractivity contribution >= 4 is 11.9 Å². The van der Waals surface area contributed by atoms with E-state index in [2.05, 4.69) is 15.3 Å². The molecule has 0 aromatic carbocycles. The van der Waals surface area contributed by atoms with Gasteiger partial charge in [0.05, 0.1) is 6.20 Å². The number of nitrogens with zero attached hydrogens (tertiary/aromatic N) is 1. The first-order valence-electron chi connectivity index (χ1n) is 6.11. The van der Waals surface area contributed by atoms with Crippen molar-refractivity contribution in [3.05, 3.63) is 17.7 Å². The van der Waals surface area contributed by atoms with Gasteiger partial charge in [-0.05, 0) is 19.8 Å².